The van der Waals surface area contributed by atoms with E-state index in [-0.39, 0.29) is 5.91 Å². The van der Waals surface area contributed by atoms with Gasteiger partial charge in [0.1, 0.15) is 0 Å². The highest BCUT2D eigenvalue weighted by Crippen LogP contribution is 2.16. The third kappa shape index (κ3) is 4.82. The first kappa shape index (κ1) is 13.7. The van der Waals surface area contributed by atoms with Crippen LogP contribution in [0, 0.1) is 11.3 Å². The summed E-state index contributed by atoms with van der Waals surface area (Å²) in [6.07, 6.45) is 0. The fourth-order valence-electron chi connectivity index (χ4n) is 0.910. The molecular weight excluding hydrogens is 202 g/mol. The number of hydrogen-bond donors (Lipinski definition) is 1. The zero-order valence-electron chi connectivity index (χ0n) is 9.39. The maximum Gasteiger partial charge on any atom is 0.226 e. The lowest BCUT2D eigenvalue weighted by molar-refractivity contribution is -0.128. The van der Waals surface area contributed by atoms with Gasteiger partial charge in [0.05, 0.1) is 12.0 Å². The molecule has 4 heteroatoms. The van der Waals surface area contributed by atoms with Crippen molar-refractivity contribution in [3.8, 4) is 0 Å². The summed E-state index contributed by atoms with van der Waals surface area (Å²) in [5.74, 6) is 0.655. The van der Waals surface area contributed by atoms with Crippen LogP contribution < -0.4 is 5.32 Å². The SMILES string of the molecule is COCC(C)CNC(=O)C(C)(C)CCl. The maximum absolute atomic E-state index is 11.6. The van der Waals surface area contributed by atoms with E-state index in [0.29, 0.717) is 24.9 Å². The number of alkyl halides is 1. The lowest BCUT2D eigenvalue weighted by atomic mass is 9.95. The average molecular weight is 222 g/mol. The Bertz CT molecular complexity index is 183. The van der Waals surface area contributed by atoms with E-state index in [9.17, 15) is 4.79 Å². The van der Waals surface area contributed by atoms with Crippen LogP contribution in [0.15, 0.2) is 0 Å². The molecule has 0 aliphatic rings. The summed E-state index contributed by atoms with van der Waals surface area (Å²) in [6, 6.07) is 0. The molecule has 0 aromatic heterocycles. The minimum absolute atomic E-state index is 0.00421. The molecule has 1 atom stereocenters. The highest BCUT2D eigenvalue weighted by atomic mass is 35.5. The van der Waals surface area contributed by atoms with Crippen LogP contribution in [0.3, 0.4) is 0 Å². The summed E-state index contributed by atoms with van der Waals surface area (Å²) in [6.45, 7) is 6.97. The fraction of sp³-hybridized carbons (Fsp3) is 0.900. The quantitative estimate of drug-likeness (QED) is 0.693. The second-order valence-corrected chi connectivity index (χ2v) is 4.56. The Morgan fingerprint density at radius 2 is 2.14 bits per heavy atom. The number of rotatable bonds is 6. The number of carbonyl (C=O) groups is 1. The molecule has 1 N–H and O–H groups in total. The summed E-state index contributed by atoms with van der Waals surface area (Å²) < 4.78 is 4.97. The second kappa shape index (κ2) is 6.25. The molecule has 0 radical (unpaired) electrons. The molecule has 0 aromatic rings. The Kier molecular flexibility index (Phi) is 6.12. The molecule has 0 rings (SSSR count). The number of amides is 1. The number of carbonyl (C=O) groups excluding carboxylic acids is 1. The number of hydrogen-bond acceptors (Lipinski definition) is 2. The highest BCUT2D eigenvalue weighted by Gasteiger charge is 2.26. The van der Waals surface area contributed by atoms with Crippen molar-refractivity contribution in [1.29, 1.82) is 0 Å². The van der Waals surface area contributed by atoms with Crippen LogP contribution >= 0.6 is 11.6 Å². The smallest absolute Gasteiger partial charge is 0.226 e. The molecule has 0 saturated heterocycles. The van der Waals surface area contributed by atoms with Gasteiger partial charge in [0.15, 0.2) is 0 Å². The van der Waals surface area contributed by atoms with Gasteiger partial charge in [0, 0.05) is 19.5 Å². The average Bonchev–Trinajstić information content (AvgIpc) is 2.14. The number of halogens is 1. The summed E-state index contributed by atoms with van der Waals surface area (Å²) in [4.78, 5) is 11.6. The molecule has 0 bridgehead atoms. The molecule has 0 aliphatic carbocycles. The predicted octanol–water partition coefficient (Wildman–Crippen LogP) is 1.65. The van der Waals surface area contributed by atoms with E-state index in [1.165, 1.54) is 0 Å². The Labute approximate surface area is 91.2 Å². The minimum Gasteiger partial charge on any atom is -0.384 e. The van der Waals surface area contributed by atoms with E-state index >= 15 is 0 Å². The van der Waals surface area contributed by atoms with Crippen molar-refractivity contribution in [2.24, 2.45) is 11.3 Å². The molecule has 0 spiro atoms. The summed E-state index contributed by atoms with van der Waals surface area (Å²) in [5, 5.41) is 2.86. The normalized spacial score (nSPS) is 13.8. The van der Waals surface area contributed by atoms with Crippen molar-refractivity contribution in [2.75, 3.05) is 26.1 Å². The monoisotopic (exact) mass is 221 g/mol. The Balaban J connectivity index is 3.85. The van der Waals surface area contributed by atoms with Gasteiger partial charge in [-0.25, -0.2) is 0 Å². The van der Waals surface area contributed by atoms with E-state index in [1.54, 1.807) is 7.11 Å². The minimum atomic E-state index is -0.492. The molecule has 14 heavy (non-hydrogen) atoms. The van der Waals surface area contributed by atoms with Gasteiger partial charge in [-0.2, -0.15) is 0 Å². The summed E-state index contributed by atoms with van der Waals surface area (Å²) >= 11 is 5.68. The molecule has 1 unspecified atom stereocenters. The predicted molar refractivity (Wildman–Crippen MR) is 58.6 cm³/mol. The molecule has 0 heterocycles. The molecule has 1 amide bonds. The van der Waals surface area contributed by atoms with Crippen molar-refractivity contribution in [3.05, 3.63) is 0 Å². The molecule has 3 nitrogen and oxygen atoms in total. The fourth-order valence-corrected chi connectivity index (χ4v) is 1.03. The van der Waals surface area contributed by atoms with Crippen LogP contribution in [0.25, 0.3) is 0 Å². The van der Waals surface area contributed by atoms with E-state index < -0.39 is 5.41 Å². The standard InChI is InChI=1S/C10H20ClNO2/c1-8(6-14-4)5-12-9(13)10(2,3)7-11/h8H,5-7H2,1-4H3,(H,12,13). The van der Waals surface area contributed by atoms with Crippen molar-refractivity contribution in [1.82, 2.24) is 5.32 Å². The van der Waals surface area contributed by atoms with Gasteiger partial charge in [-0.15, -0.1) is 11.6 Å². The Morgan fingerprint density at radius 1 is 1.57 bits per heavy atom. The van der Waals surface area contributed by atoms with Gasteiger partial charge in [-0.05, 0) is 19.8 Å². The highest BCUT2D eigenvalue weighted by molar-refractivity contribution is 6.19. The van der Waals surface area contributed by atoms with Crippen molar-refractivity contribution >= 4 is 17.5 Å². The summed E-state index contributed by atoms with van der Waals surface area (Å²) in [7, 11) is 1.65. The Morgan fingerprint density at radius 3 is 2.57 bits per heavy atom. The maximum atomic E-state index is 11.6. The van der Waals surface area contributed by atoms with Crippen LogP contribution in [-0.4, -0.2) is 32.0 Å². The van der Waals surface area contributed by atoms with E-state index in [0.717, 1.165) is 0 Å². The van der Waals surface area contributed by atoms with Crippen LogP contribution in [-0.2, 0) is 9.53 Å². The third-order valence-corrected chi connectivity index (χ3v) is 2.68. The molecule has 0 aromatic carbocycles. The van der Waals surface area contributed by atoms with Crippen LogP contribution in [0.1, 0.15) is 20.8 Å². The van der Waals surface area contributed by atoms with Crippen molar-refractivity contribution < 1.29 is 9.53 Å². The number of methoxy groups -OCH3 is 1. The van der Waals surface area contributed by atoms with Crippen LogP contribution in [0.4, 0.5) is 0 Å². The largest absolute Gasteiger partial charge is 0.384 e. The topological polar surface area (TPSA) is 38.3 Å². The van der Waals surface area contributed by atoms with E-state index in [2.05, 4.69) is 5.32 Å². The van der Waals surface area contributed by atoms with Gasteiger partial charge in [0.25, 0.3) is 0 Å². The molecule has 84 valence electrons. The molecule has 0 aliphatic heterocycles. The van der Waals surface area contributed by atoms with Gasteiger partial charge in [-0.3, -0.25) is 4.79 Å². The second-order valence-electron chi connectivity index (χ2n) is 4.29. The van der Waals surface area contributed by atoms with E-state index in [1.807, 2.05) is 20.8 Å². The van der Waals surface area contributed by atoms with Gasteiger partial charge in [-0.1, -0.05) is 6.92 Å². The Hall–Kier alpha value is -0.280. The number of ether oxygens (including phenoxy) is 1. The lowest BCUT2D eigenvalue weighted by Gasteiger charge is -2.21. The first-order valence-corrected chi connectivity index (χ1v) is 5.30. The van der Waals surface area contributed by atoms with Gasteiger partial charge < -0.3 is 10.1 Å². The molecule has 0 saturated carbocycles. The zero-order chi connectivity index (χ0) is 11.2. The van der Waals surface area contributed by atoms with Crippen molar-refractivity contribution in [2.45, 2.75) is 20.8 Å². The van der Waals surface area contributed by atoms with Gasteiger partial charge in [0.2, 0.25) is 5.91 Å². The van der Waals surface area contributed by atoms with Crippen LogP contribution in [0.5, 0.6) is 0 Å². The van der Waals surface area contributed by atoms with Gasteiger partial charge >= 0.3 is 0 Å². The van der Waals surface area contributed by atoms with Crippen LogP contribution in [0.2, 0.25) is 0 Å². The van der Waals surface area contributed by atoms with E-state index in [4.69, 9.17) is 16.3 Å². The summed E-state index contributed by atoms with van der Waals surface area (Å²) in [5.41, 5.74) is -0.492. The zero-order valence-corrected chi connectivity index (χ0v) is 10.1. The first-order valence-electron chi connectivity index (χ1n) is 4.77. The van der Waals surface area contributed by atoms with Crippen molar-refractivity contribution in [3.63, 3.8) is 0 Å². The number of nitrogens with one attached hydrogen (secondary N) is 1. The third-order valence-electron chi connectivity index (χ3n) is 2.01. The molecular formula is C10H20ClNO2. The lowest BCUT2D eigenvalue weighted by Crippen LogP contribution is -2.40. The molecule has 0 fully saturated rings. The first-order chi connectivity index (χ1) is 6.44.